The number of nitrogens with zero attached hydrogens (tertiary/aromatic N) is 1. The number of nitrogens with one attached hydrogen (secondary N) is 1. The van der Waals surface area contributed by atoms with E-state index in [1.807, 2.05) is 20.8 Å². The first-order chi connectivity index (χ1) is 8.86. The van der Waals surface area contributed by atoms with Gasteiger partial charge in [-0.3, -0.25) is 4.79 Å². The second kappa shape index (κ2) is 6.65. The Balaban J connectivity index is 2.73. The minimum absolute atomic E-state index is 0.0147. The molecule has 0 radical (unpaired) electrons. The van der Waals surface area contributed by atoms with Crippen LogP contribution in [0.5, 0.6) is 0 Å². The SMILES string of the molecule is CCCC(C)C(=O)NC(C)c1nc(C)c(C(=O)O)s1. The average Bonchev–Trinajstić information content (AvgIpc) is 2.71. The number of aromatic carboxylic acids is 1. The fraction of sp³-hybridized carbons (Fsp3) is 0.615. The van der Waals surface area contributed by atoms with Gasteiger partial charge in [0.1, 0.15) is 9.88 Å². The molecule has 106 valence electrons. The van der Waals surface area contributed by atoms with Crippen molar-refractivity contribution < 1.29 is 14.7 Å². The molecule has 2 unspecified atom stereocenters. The second-order valence-electron chi connectivity index (χ2n) is 4.69. The Hall–Kier alpha value is -1.43. The Morgan fingerprint density at radius 2 is 2.05 bits per heavy atom. The van der Waals surface area contributed by atoms with Crippen molar-refractivity contribution in [3.63, 3.8) is 0 Å². The molecule has 0 fully saturated rings. The molecule has 0 aromatic carbocycles. The van der Waals surface area contributed by atoms with Gasteiger partial charge in [-0.25, -0.2) is 9.78 Å². The summed E-state index contributed by atoms with van der Waals surface area (Å²) in [6.45, 7) is 7.41. The molecule has 1 heterocycles. The summed E-state index contributed by atoms with van der Waals surface area (Å²) in [7, 11) is 0. The topological polar surface area (TPSA) is 79.3 Å². The van der Waals surface area contributed by atoms with E-state index in [9.17, 15) is 9.59 Å². The van der Waals surface area contributed by atoms with Crippen molar-refractivity contribution in [1.82, 2.24) is 10.3 Å². The third kappa shape index (κ3) is 4.02. The summed E-state index contributed by atoms with van der Waals surface area (Å²) in [6.07, 6.45) is 1.80. The summed E-state index contributed by atoms with van der Waals surface area (Å²) in [5, 5.41) is 12.5. The van der Waals surface area contributed by atoms with E-state index in [1.54, 1.807) is 6.92 Å². The lowest BCUT2D eigenvalue weighted by Gasteiger charge is -2.15. The highest BCUT2D eigenvalue weighted by Gasteiger charge is 2.20. The zero-order valence-corrected chi connectivity index (χ0v) is 12.5. The first-order valence-corrected chi connectivity index (χ1v) is 7.19. The largest absolute Gasteiger partial charge is 0.477 e. The highest BCUT2D eigenvalue weighted by molar-refractivity contribution is 7.13. The number of aromatic nitrogens is 1. The number of thiazole rings is 1. The zero-order chi connectivity index (χ0) is 14.6. The van der Waals surface area contributed by atoms with Crippen molar-refractivity contribution in [2.24, 2.45) is 5.92 Å². The van der Waals surface area contributed by atoms with Gasteiger partial charge in [-0.15, -0.1) is 11.3 Å². The number of carboxylic acids is 1. The van der Waals surface area contributed by atoms with E-state index in [1.165, 1.54) is 0 Å². The molecule has 5 nitrogen and oxygen atoms in total. The molecule has 19 heavy (non-hydrogen) atoms. The van der Waals surface area contributed by atoms with E-state index in [0.29, 0.717) is 10.7 Å². The van der Waals surface area contributed by atoms with Crippen LogP contribution < -0.4 is 5.32 Å². The third-order valence-corrected chi connectivity index (χ3v) is 4.23. The number of carbonyl (C=O) groups excluding carboxylic acids is 1. The third-order valence-electron chi connectivity index (χ3n) is 2.91. The van der Waals surface area contributed by atoms with E-state index < -0.39 is 5.97 Å². The molecule has 2 N–H and O–H groups in total. The van der Waals surface area contributed by atoms with Crippen LogP contribution in [0.15, 0.2) is 0 Å². The molecule has 0 aliphatic carbocycles. The molecule has 0 saturated carbocycles. The summed E-state index contributed by atoms with van der Waals surface area (Å²) in [5.41, 5.74) is 0.496. The zero-order valence-electron chi connectivity index (χ0n) is 11.7. The fourth-order valence-corrected chi connectivity index (χ4v) is 2.69. The fourth-order valence-electron chi connectivity index (χ4n) is 1.78. The maximum Gasteiger partial charge on any atom is 0.347 e. The second-order valence-corrected chi connectivity index (χ2v) is 5.72. The highest BCUT2D eigenvalue weighted by atomic mass is 32.1. The van der Waals surface area contributed by atoms with E-state index in [-0.39, 0.29) is 22.7 Å². The summed E-state index contributed by atoms with van der Waals surface area (Å²) in [4.78, 5) is 27.3. The minimum atomic E-state index is -0.973. The number of carbonyl (C=O) groups is 2. The molecule has 0 saturated heterocycles. The molecule has 1 aromatic heterocycles. The Kier molecular flexibility index (Phi) is 5.47. The smallest absolute Gasteiger partial charge is 0.347 e. The molecule has 2 atom stereocenters. The lowest BCUT2D eigenvalue weighted by atomic mass is 10.1. The van der Waals surface area contributed by atoms with Gasteiger partial charge in [-0.1, -0.05) is 20.3 Å². The molecule has 6 heteroatoms. The van der Waals surface area contributed by atoms with E-state index in [0.717, 1.165) is 24.2 Å². The van der Waals surface area contributed by atoms with Gasteiger partial charge in [0.25, 0.3) is 0 Å². The van der Waals surface area contributed by atoms with Crippen LogP contribution in [0.25, 0.3) is 0 Å². The summed E-state index contributed by atoms with van der Waals surface area (Å²) in [5.74, 6) is -1.02. The molecular weight excluding hydrogens is 264 g/mol. The van der Waals surface area contributed by atoms with Crippen molar-refractivity contribution >= 4 is 23.2 Å². The van der Waals surface area contributed by atoms with Crippen LogP contribution in [0.4, 0.5) is 0 Å². The predicted octanol–water partition coefficient (Wildman–Crippen LogP) is 2.76. The Labute approximate surface area is 117 Å². The number of rotatable bonds is 6. The molecular formula is C13H20N2O3S. The number of hydrogen-bond donors (Lipinski definition) is 2. The maximum atomic E-state index is 11.9. The van der Waals surface area contributed by atoms with Crippen molar-refractivity contribution in [2.45, 2.75) is 46.6 Å². The Morgan fingerprint density at radius 1 is 1.42 bits per heavy atom. The summed E-state index contributed by atoms with van der Waals surface area (Å²) >= 11 is 1.12. The van der Waals surface area contributed by atoms with Gasteiger partial charge in [0.2, 0.25) is 5.91 Å². The number of hydrogen-bond acceptors (Lipinski definition) is 4. The first kappa shape index (κ1) is 15.6. The average molecular weight is 284 g/mol. The van der Waals surface area contributed by atoms with Crippen LogP contribution in [0.3, 0.4) is 0 Å². The molecule has 0 spiro atoms. The van der Waals surface area contributed by atoms with Gasteiger partial charge in [0, 0.05) is 5.92 Å². The van der Waals surface area contributed by atoms with Crippen molar-refractivity contribution in [2.75, 3.05) is 0 Å². The first-order valence-electron chi connectivity index (χ1n) is 6.37. The van der Waals surface area contributed by atoms with Gasteiger partial charge in [-0.2, -0.15) is 0 Å². The van der Waals surface area contributed by atoms with Gasteiger partial charge in [-0.05, 0) is 20.3 Å². The predicted molar refractivity (Wildman–Crippen MR) is 74.4 cm³/mol. The Bertz CT molecular complexity index is 470. The lowest BCUT2D eigenvalue weighted by Crippen LogP contribution is -2.31. The van der Waals surface area contributed by atoms with Gasteiger partial charge in [0.15, 0.2) is 0 Å². The van der Waals surface area contributed by atoms with Crippen LogP contribution in [0.1, 0.15) is 60.0 Å². The maximum absolute atomic E-state index is 11.9. The number of amides is 1. The van der Waals surface area contributed by atoms with Gasteiger partial charge in [0.05, 0.1) is 11.7 Å². The molecule has 1 amide bonds. The normalized spacial score (nSPS) is 13.9. The summed E-state index contributed by atoms with van der Waals surface area (Å²) in [6, 6.07) is -0.261. The number of carboxylic acid groups (broad SMARTS) is 1. The monoisotopic (exact) mass is 284 g/mol. The van der Waals surface area contributed by atoms with E-state index >= 15 is 0 Å². The number of aryl methyl sites for hydroxylation is 1. The summed E-state index contributed by atoms with van der Waals surface area (Å²) < 4.78 is 0. The van der Waals surface area contributed by atoms with Crippen molar-refractivity contribution in [3.8, 4) is 0 Å². The van der Waals surface area contributed by atoms with Crippen LogP contribution in [0.2, 0.25) is 0 Å². The molecule has 1 rings (SSSR count). The molecule has 0 aliphatic rings. The van der Waals surface area contributed by atoms with Crippen LogP contribution in [0, 0.1) is 12.8 Å². The quantitative estimate of drug-likeness (QED) is 0.842. The Morgan fingerprint density at radius 3 is 2.53 bits per heavy atom. The van der Waals surface area contributed by atoms with Gasteiger partial charge >= 0.3 is 5.97 Å². The van der Waals surface area contributed by atoms with Gasteiger partial charge < -0.3 is 10.4 Å². The van der Waals surface area contributed by atoms with Crippen LogP contribution in [-0.4, -0.2) is 22.0 Å². The lowest BCUT2D eigenvalue weighted by molar-refractivity contribution is -0.125. The van der Waals surface area contributed by atoms with Crippen molar-refractivity contribution in [3.05, 3.63) is 15.6 Å². The van der Waals surface area contributed by atoms with Crippen LogP contribution in [-0.2, 0) is 4.79 Å². The van der Waals surface area contributed by atoms with E-state index in [2.05, 4.69) is 10.3 Å². The molecule has 1 aromatic rings. The molecule has 0 aliphatic heterocycles. The van der Waals surface area contributed by atoms with Crippen molar-refractivity contribution in [1.29, 1.82) is 0 Å². The highest BCUT2D eigenvalue weighted by Crippen LogP contribution is 2.23. The minimum Gasteiger partial charge on any atom is -0.477 e. The molecule has 0 bridgehead atoms. The standard InChI is InChI=1S/C13H20N2O3S/c1-5-6-7(2)11(16)14-9(4)12-15-8(3)10(19-12)13(17)18/h7,9H,5-6H2,1-4H3,(H,14,16)(H,17,18). The van der Waals surface area contributed by atoms with Crippen LogP contribution >= 0.6 is 11.3 Å². The van der Waals surface area contributed by atoms with E-state index in [4.69, 9.17) is 5.11 Å².